The van der Waals surface area contributed by atoms with Crippen molar-refractivity contribution in [3.63, 3.8) is 0 Å². The van der Waals surface area contributed by atoms with Crippen molar-refractivity contribution in [2.75, 3.05) is 18.1 Å². The maximum absolute atomic E-state index is 11.3. The Morgan fingerprint density at radius 1 is 1.41 bits per heavy atom. The van der Waals surface area contributed by atoms with Gasteiger partial charge in [-0.3, -0.25) is 0 Å². The fraction of sp³-hybridized carbons (Fsp3) is 0.727. The molecule has 1 N–H and O–H groups in total. The van der Waals surface area contributed by atoms with Gasteiger partial charge in [0.15, 0.2) is 5.89 Å². The Kier molecular flexibility index (Phi) is 3.53. The van der Waals surface area contributed by atoms with Crippen molar-refractivity contribution in [1.82, 2.24) is 4.98 Å². The molecule has 0 amide bonds. The summed E-state index contributed by atoms with van der Waals surface area (Å²) in [4.78, 5) is 4.35. The second-order valence-corrected chi connectivity index (χ2v) is 6.75. The Hall–Kier alpha value is -0.880. The van der Waals surface area contributed by atoms with Gasteiger partial charge in [-0.2, -0.15) is 0 Å². The van der Waals surface area contributed by atoms with Crippen LogP contribution in [-0.2, 0) is 16.3 Å². The minimum atomic E-state index is -2.84. The van der Waals surface area contributed by atoms with E-state index < -0.39 is 9.84 Å². The van der Waals surface area contributed by atoms with Gasteiger partial charge >= 0.3 is 0 Å². The molecule has 1 fully saturated rings. The first-order valence-corrected chi connectivity index (χ1v) is 7.61. The topological polar surface area (TPSA) is 80.4 Å². The van der Waals surface area contributed by atoms with E-state index in [9.17, 15) is 8.42 Å². The number of aromatic nitrogens is 1. The monoisotopic (exact) mass is 259 g/mol. The van der Waals surface area contributed by atoms with Gasteiger partial charge in [0.2, 0.25) is 0 Å². The molecule has 1 aromatic heterocycles. The number of hydrogen-bond acceptors (Lipinski definition) is 5. The zero-order valence-corrected chi connectivity index (χ0v) is 10.7. The van der Waals surface area contributed by atoms with E-state index in [1.807, 2.05) is 6.92 Å². The number of rotatable bonds is 3. The fourth-order valence-corrected chi connectivity index (χ4v) is 3.70. The van der Waals surface area contributed by atoms with E-state index in [1.165, 1.54) is 0 Å². The molecule has 0 aliphatic carbocycles. The molecule has 2 rings (SSSR count). The average Bonchev–Trinajstić information content (AvgIpc) is 2.60. The van der Waals surface area contributed by atoms with Crippen molar-refractivity contribution >= 4 is 9.84 Å². The van der Waals surface area contributed by atoms with Crippen LogP contribution in [0.5, 0.6) is 0 Å². The lowest BCUT2D eigenvalue weighted by molar-refractivity contribution is 0.284. The highest BCUT2D eigenvalue weighted by Crippen LogP contribution is 2.30. The molecule has 17 heavy (non-hydrogen) atoms. The van der Waals surface area contributed by atoms with Gasteiger partial charge in [0, 0.05) is 12.3 Å². The predicted octanol–water partition coefficient (Wildman–Crippen LogP) is 0.810. The van der Waals surface area contributed by atoms with Gasteiger partial charge in [0.05, 0.1) is 23.8 Å². The molecular weight excluding hydrogens is 242 g/mol. The molecule has 1 aliphatic heterocycles. The van der Waals surface area contributed by atoms with E-state index in [0.29, 0.717) is 25.2 Å². The van der Waals surface area contributed by atoms with Crippen LogP contribution in [0.3, 0.4) is 0 Å². The van der Waals surface area contributed by atoms with Gasteiger partial charge in [-0.05, 0) is 19.8 Å². The molecule has 1 aromatic rings. The minimum absolute atomic E-state index is 0.0123. The standard InChI is InChI=1S/C11H17NO4S/c1-8-11(12-10(16-8)2-5-13)9-3-6-17(14,15)7-4-9/h9,13H,2-7H2,1H3. The van der Waals surface area contributed by atoms with Crippen LogP contribution in [-0.4, -0.2) is 36.6 Å². The van der Waals surface area contributed by atoms with Crippen LogP contribution in [0.2, 0.25) is 0 Å². The summed E-state index contributed by atoms with van der Waals surface area (Å²) in [7, 11) is -2.84. The van der Waals surface area contributed by atoms with Gasteiger partial charge in [0.1, 0.15) is 15.6 Å². The lowest BCUT2D eigenvalue weighted by Crippen LogP contribution is -2.22. The summed E-state index contributed by atoms with van der Waals surface area (Å²) in [5, 5.41) is 8.82. The quantitative estimate of drug-likeness (QED) is 0.868. The van der Waals surface area contributed by atoms with Crippen molar-refractivity contribution in [2.24, 2.45) is 0 Å². The summed E-state index contributed by atoms with van der Waals surface area (Å²) in [6, 6.07) is 0. The molecule has 1 saturated heterocycles. The first-order valence-electron chi connectivity index (χ1n) is 5.79. The Balaban J connectivity index is 2.12. The number of oxazole rings is 1. The molecule has 0 aromatic carbocycles. The first-order chi connectivity index (χ1) is 8.02. The summed E-state index contributed by atoms with van der Waals surface area (Å²) in [5.74, 6) is 1.93. The van der Waals surface area contributed by atoms with E-state index in [4.69, 9.17) is 9.52 Å². The molecule has 0 atom stereocenters. The van der Waals surface area contributed by atoms with E-state index >= 15 is 0 Å². The number of nitrogens with zero attached hydrogens (tertiary/aromatic N) is 1. The second-order valence-electron chi connectivity index (χ2n) is 4.45. The number of aryl methyl sites for hydroxylation is 1. The molecule has 5 nitrogen and oxygen atoms in total. The van der Waals surface area contributed by atoms with Crippen LogP contribution in [0, 0.1) is 6.92 Å². The van der Waals surface area contributed by atoms with Crippen LogP contribution >= 0.6 is 0 Å². The maximum Gasteiger partial charge on any atom is 0.196 e. The van der Waals surface area contributed by atoms with Gasteiger partial charge in [-0.1, -0.05) is 0 Å². The summed E-state index contributed by atoms with van der Waals surface area (Å²) in [5.41, 5.74) is 0.864. The van der Waals surface area contributed by atoms with Crippen molar-refractivity contribution in [1.29, 1.82) is 0 Å². The molecule has 0 radical (unpaired) electrons. The van der Waals surface area contributed by atoms with Crippen LogP contribution in [0.1, 0.15) is 36.1 Å². The summed E-state index contributed by atoms with van der Waals surface area (Å²) < 4.78 is 28.1. The Morgan fingerprint density at radius 3 is 2.65 bits per heavy atom. The van der Waals surface area contributed by atoms with Gasteiger partial charge in [-0.15, -0.1) is 0 Å². The smallest absolute Gasteiger partial charge is 0.196 e. The predicted molar refractivity (Wildman–Crippen MR) is 62.7 cm³/mol. The summed E-state index contributed by atoms with van der Waals surface area (Å²) >= 11 is 0. The van der Waals surface area contributed by atoms with E-state index in [-0.39, 0.29) is 24.0 Å². The zero-order chi connectivity index (χ0) is 12.5. The highest BCUT2D eigenvalue weighted by Gasteiger charge is 2.28. The molecular formula is C11H17NO4S. The SMILES string of the molecule is Cc1oc(CCO)nc1C1CCS(=O)(=O)CC1. The highest BCUT2D eigenvalue weighted by atomic mass is 32.2. The average molecular weight is 259 g/mol. The highest BCUT2D eigenvalue weighted by molar-refractivity contribution is 7.91. The summed E-state index contributed by atoms with van der Waals surface area (Å²) in [6.45, 7) is 1.85. The van der Waals surface area contributed by atoms with Gasteiger partial charge in [-0.25, -0.2) is 13.4 Å². The molecule has 0 bridgehead atoms. The molecule has 0 spiro atoms. The van der Waals surface area contributed by atoms with Gasteiger partial charge in [0.25, 0.3) is 0 Å². The van der Waals surface area contributed by atoms with Crippen molar-refractivity contribution < 1.29 is 17.9 Å². The lowest BCUT2D eigenvalue weighted by Gasteiger charge is -2.20. The normalized spacial score (nSPS) is 20.6. The van der Waals surface area contributed by atoms with Crippen molar-refractivity contribution in [3.8, 4) is 0 Å². The second kappa shape index (κ2) is 4.78. The number of aliphatic hydroxyl groups excluding tert-OH is 1. The fourth-order valence-electron chi connectivity index (χ4n) is 2.21. The molecule has 6 heteroatoms. The van der Waals surface area contributed by atoms with E-state index in [0.717, 1.165) is 11.5 Å². The molecule has 96 valence electrons. The minimum Gasteiger partial charge on any atom is -0.446 e. The molecule has 2 heterocycles. The number of sulfone groups is 1. The van der Waals surface area contributed by atoms with Crippen LogP contribution in [0.25, 0.3) is 0 Å². The van der Waals surface area contributed by atoms with Gasteiger partial charge < -0.3 is 9.52 Å². The van der Waals surface area contributed by atoms with Crippen molar-refractivity contribution in [2.45, 2.75) is 32.1 Å². The number of aliphatic hydroxyl groups is 1. The van der Waals surface area contributed by atoms with Crippen molar-refractivity contribution in [3.05, 3.63) is 17.3 Å². The lowest BCUT2D eigenvalue weighted by atomic mass is 9.98. The third-order valence-corrected chi connectivity index (χ3v) is 4.86. The van der Waals surface area contributed by atoms with Crippen LogP contribution in [0.15, 0.2) is 4.42 Å². The molecule has 0 unspecified atom stereocenters. The van der Waals surface area contributed by atoms with Crippen LogP contribution < -0.4 is 0 Å². The largest absolute Gasteiger partial charge is 0.446 e. The number of hydrogen-bond donors (Lipinski definition) is 1. The van der Waals surface area contributed by atoms with E-state index in [1.54, 1.807) is 0 Å². The summed E-state index contributed by atoms with van der Waals surface area (Å²) in [6.07, 6.45) is 1.65. The van der Waals surface area contributed by atoms with Crippen LogP contribution in [0.4, 0.5) is 0 Å². The Bertz CT molecular complexity index is 478. The third kappa shape index (κ3) is 2.87. The first kappa shape index (κ1) is 12.6. The van der Waals surface area contributed by atoms with E-state index in [2.05, 4.69) is 4.98 Å². The molecule has 1 aliphatic rings. The zero-order valence-electron chi connectivity index (χ0n) is 9.85. The Labute approximate surface area is 101 Å². The maximum atomic E-state index is 11.3. The third-order valence-electron chi connectivity index (χ3n) is 3.14. The molecule has 0 saturated carbocycles. The Morgan fingerprint density at radius 2 is 2.06 bits per heavy atom.